The van der Waals surface area contributed by atoms with Crippen molar-refractivity contribution < 1.29 is 0 Å². The number of hydrogen-bond acceptors (Lipinski definition) is 1. The molecule has 0 spiro atoms. The molecule has 0 nitrogen and oxygen atoms in total. The second kappa shape index (κ2) is 6.90. The Labute approximate surface area is 104 Å². The van der Waals surface area contributed by atoms with E-state index >= 15 is 0 Å². The Kier molecular flexibility index (Phi) is 5.83. The van der Waals surface area contributed by atoms with Crippen LogP contribution in [0.5, 0.6) is 0 Å². The van der Waals surface area contributed by atoms with Crippen LogP contribution in [0.1, 0.15) is 56.2 Å². The van der Waals surface area contributed by atoms with Crippen LogP contribution in [0.15, 0.2) is 24.3 Å². The molecule has 0 saturated carbocycles. The van der Waals surface area contributed by atoms with E-state index in [1.54, 1.807) is 0 Å². The van der Waals surface area contributed by atoms with Gasteiger partial charge in [-0.25, -0.2) is 0 Å². The average molecular weight is 236 g/mol. The van der Waals surface area contributed by atoms with E-state index in [0.717, 1.165) is 12.3 Å². The third kappa shape index (κ3) is 4.52. The summed E-state index contributed by atoms with van der Waals surface area (Å²) >= 11 is 1.99. The molecular formula is C15H24S. The molecule has 0 radical (unpaired) electrons. The van der Waals surface area contributed by atoms with Gasteiger partial charge in [0.2, 0.25) is 0 Å². The third-order valence-electron chi connectivity index (χ3n) is 2.67. The molecule has 0 aliphatic carbocycles. The Morgan fingerprint density at radius 3 is 2.56 bits per heavy atom. The molecule has 0 saturated heterocycles. The molecule has 1 atom stereocenters. The lowest BCUT2D eigenvalue weighted by Gasteiger charge is -2.05. The summed E-state index contributed by atoms with van der Waals surface area (Å²) in [6, 6.07) is 4.62. The molecule has 1 heterocycles. The van der Waals surface area contributed by atoms with Crippen molar-refractivity contribution in [3.8, 4) is 0 Å². The summed E-state index contributed by atoms with van der Waals surface area (Å²) < 4.78 is 0. The molecule has 0 N–H and O–H groups in total. The first-order valence-electron chi connectivity index (χ1n) is 6.37. The Morgan fingerprint density at radius 2 is 1.94 bits per heavy atom. The Balaban J connectivity index is 2.52. The van der Waals surface area contributed by atoms with Gasteiger partial charge in [0.15, 0.2) is 0 Å². The second-order valence-electron chi connectivity index (χ2n) is 4.92. The SMILES string of the molecule is CC/C=C\CC(C)c1ccc(CC(C)C)s1. The van der Waals surface area contributed by atoms with Crippen LogP contribution in [0, 0.1) is 5.92 Å². The molecule has 1 aromatic heterocycles. The van der Waals surface area contributed by atoms with Gasteiger partial charge in [0, 0.05) is 9.75 Å². The smallest absolute Gasteiger partial charge is 0.00794 e. The predicted molar refractivity (Wildman–Crippen MR) is 75.3 cm³/mol. The van der Waals surface area contributed by atoms with Crippen LogP contribution < -0.4 is 0 Å². The summed E-state index contributed by atoms with van der Waals surface area (Å²) in [5.41, 5.74) is 0. The molecule has 1 unspecified atom stereocenters. The fourth-order valence-electron chi connectivity index (χ4n) is 1.75. The van der Waals surface area contributed by atoms with E-state index in [1.807, 2.05) is 11.3 Å². The average Bonchev–Trinajstić information content (AvgIpc) is 2.65. The fourth-order valence-corrected chi connectivity index (χ4v) is 3.04. The van der Waals surface area contributed by atoms with Crippen LogP contribution in [0.25, 0.3) is 0 Å². The Morgan fingerprint density at radius 1 is 1.19 bits per heavy atom. The first kappa shape index (κ1) is 13.5. The van der Waals surface area contributed by atoms with Gasteiger partial charge in [0.1, 0.15) is 0 Å². The van der Waals surface area contributed by atoms with Gasteiger partial charge in [-0.3, -0.25) is 0 Å². The molecule has 16 heavy (non-hydrogen) atoms. The molecule has 1 heteroatoms. The lowest BCUT2D eigenvalue weighted by Crippen LogP contribution is -1.90. The molecule has 1 rings (SSSR count). The zero-order chi connectivity index (χ0) is 12.0. The van der Waals surface area contributed by atoms with Crippen molar-refractivity contribution in [3.63, 3.8) is 0 Å². The topological polar surface area (TPSA) is 0 Å². The maximum absolute atomic E-state index is 2.32. The Bertz CT molecular complexity index is 320. The van der Waals surface area contributed by atoms with Gasteiger partial charge in [-0.05, 0) is 43.2 Å². The molecule has 0 aliphatic heterocycles. The van der Waals surface area contributed by atoms with E-state index in [4.69, 9.17) is 0 Å². The predicted octanol–water partition coefficient (Wildman–Crippen LogP) is 5.41. The largest absolute Gasteiger partial charge is 0.145 e. The van der Waals surface area contributed by atoms with Crippen molar-refractivity contribution in [2.45, 2.75) is 52.9 Å². The van der Waals surface area contributed by atoms with Crippen molar-refractivity contribution in [3.05, 3.63) is 34.0 Å². The zero-order valence-electron chi connectivity index (χ0n) is 11.0. The summed E-state index contributed by atoms with van der Waals surface area (Å²) in [7, 11) is 0. The highest BCUT2D eigenvalue weighted by atomic mass is 32.1. The number of allylic oxidation sites excluding steroid dienone is 2. The molecule has 90 valence electrons. The maximum atomic E-state index is 2.32. The molecule has 0 aliphatic rings. The van der Waals surface area contributed by atoms with Gasteiger partial charge in [-0.15, -0.1) is 11.3 Å². The van der Waals surface area contributed by atoms with E-state index in [2.05, 4.69) is 52.0 Å². The second-order valence-corrected chi connectivity index (χ2v) is 6.12. The molecule has 0 aromatic carbocycles. The molecule has 0 amide bonds. The lowest BCUT2D eigenvalue weighted by atomic mass is 10.1. The van der Waals surface area contributed by atoms with Gasteiger partial charge < -0.3 is 0 Å². The van der Waals surface area contributed by atoms with E-state index < -0.39 is 0 Å². The van der Waals surface area contributed by atoms with Crippen molar-refractivity contribution in [1.82, 2.24) is 0 Å². The van der Waals surface area contributed by atoms with Gasteiger partial charge in [0.05, 0.1) is 0 Å². The standard InChI is InChI=1S/C15H24S/c1-5-6-7-8-13(4)15-10-9-14(16-15)11-12(2)3/h6-7,9-10,12-13H,5,8,11H2,1-4H3/b7-6-. The summed E-state index contributed by atoms with van der Waals surface area (Å²) in [5, 5.41) is 0. The minimum absolute atomic E-state index is 0.675. The minimum Gasteiger partial charge on any atom is -0.145 e. The fraction of sp³-hybridized carbons (Fsp3) is 0.600. The van der Waals surface area contributed by atoms with Crippen LogP contribution in [0.2, 0.25) is 0 Å². The van der Waals surface area contributed by atoms with Crippen LogP contribution >= 0.6 is 11.3 Å². The zero-order valence-corrected chi connectivity index (χ0v) is 11.8. The van der Waals surface area contributed by atoms with Crippen LogP contribution in [0.3, 0.4) is 0 Å². The van der Waals surface area contributed by atoms with Gasteiger partial charge in [-0.1, -0.05) is 39.8 Å². The van der Waals surface area contributed by atoms with Crippen molar-refractivity contribution >= 4 is 11.3 Å². The van der Waals surface area contributed by atoms with E-state index in [0.29, 0.717) is 5.92 Å². The summed E-state index contributed by atoms with van der Waals surface area (Å²) in [6.45, 7) is 9.08. The highest BCUT2D eigenvalue weighted by Crippen LogP contribution is 2.28. The number of rotatable bonds is 6. The van der Waals surface area contributed by atoms with E-state index in [-0.39, 0.29) is 0 Å². The molecule has 0 bridgehead atoms. The van der Waals surface area contributed by atoms with Crippen molar-refractivity contribution in [2.24, 2.45) is 5.92 Å². The van der Waals surface area contributed by atoms with E-state index in [9.17, 15) is 0 Å². The third-order valence-corrected chi connectivity index (χ3v) is 4.01. The molecule has 1 aromatic rings. The minimum atomic E-state index is 0.675. The monoisotopic (exact) mass is 236 g/mol. The van der Waals surface area contributed by atoms with Gasteiger partial charge >= 0.3 is 0 Å². The summed E-state index contributed by atoms with van der Waals surface area (Å²) in [5.74, 6) is 1.44. The highest BCUT2D eigenvalue weighted by molar-refractivity contribution is 7.12. The normalized spacial score (nSPS) is 13.8. The van der Waals surface area contributed by atoms with Gasteiger partial charge in [0.25, 0.3) is 0 Å². The van der Waals surface area contributed by atoms with Gasteiger partial charge in [-0.2, -0.15) is 0 Å². The summed E-state index contributed by atoms with van der Waals surface area (Å²) in [4.78, 5) is 3.08. The van der Waals surface area contributed by atoms with Crippen LogP contribution in [-0.4, -0.2) is 0 Å². The Hall–Kier alpha value is -0.560. The quantitative estimate of drug-likeness (QED) is 0.580. The molecule has 0 fully saturated rings. The number of hydrogen-bond donors (Lipinski definition) is 0. The maximum Gasteiger partial charge on any atom is 0.00794 e. The molecular weight excluding hydrogens is 212 g/mol. The lowest BCUT2D eigenvalue weighted by molar-refractivity contribution is 0.654. The van der Waals surface area contributed by atoms with E-state index in [1.165, 1.54) is 22.6 Å². The van der Waals surface area contributed by atoms with Crippen LogP contribution in [0.4, 0.5) is 0 Å². The van der Waals surface area contributed by atoms with Crippen LogP contribution in [-0.2, 0) is 6.42 Å². The first-order valence-corrected chi connectivity index (χ1v) is 7.18. The highest BCUT2D eigenvalue weighted by Gasteiger charge is 2.08. The first-order chi connectivity index (χ1) is 7.63. The van der Waals surface area contributed by atoms with Crippen molar-refractivity contribution in [1.29, 1.82) is 0 Å². The van der Waals surface area contributed by atoms with Crippen molar-refractivity contribution in [2.75, 3.05) is 0 Å². The number of thiophene rings is 1. The summed E-state index contributed by atoms with van der Waals surface area (Å²) in [6.07, 6.45) is 8.12.